The number of carbonyl (C=O) groups is 1. The van der Waals surface area contributed by atoms with Crippen LogP contribution in [-0.2, 0) is 4.79 Å². The van der Waals surface area contributed by atoms with E-state index in [0.717, 1.165) is 29.7 Å². The molecule has 4 rings (SSSR count). The molecule has 2 aromatic carbocycles. The Morgan fingerprint density at radius 1 is 1.30 bits per heavy atom. The van der Waals surface area contributed by atoms with Crippen molar-refractivity contribution in [2.45, 2.75) is 25.8 Å². The zero-order valence-corrected chi connectivity index (χ0v) is 16.7. The molecule has 1 aromatic heterocycles. The minimum atomic E-state index is 0.0618. The molecule has 4 N–H and O–H groups in total. The molecule has 0 saturated carbocycles. The highest BCUT2D eigenvalue weighted by molar-refractivity contribution is 5.91. The topological polar surface area (TPSA) is 120 Å². The highest BCUT2D eigenvalue weighted by Gasteiger charge is 2.26. The summed E-state index contributed by atoms with van der Waals surface area (Å²) in [5.41, 5.74) is 8.33. The summed E-state index contributed by atoms with van der Waals surface area (Å²) >= 11 is 0. The number of rotatable bonds is 5. The fourth-order valence-electron chi connectivity index (χ4n) is 3.67. The molecule has 1 fully saturated rings. The number of hydrogen-bond acceptors (Lipinski definition) is 7. The molecule has 0 bridgehead atoms. The molecule has 2 heterocycles. The van der Waals surface area contributed by atoms with Gasteiger partial charge in [0.15, 0.2) is 0 Å². The van der Waals surface area contributed by atoms with Crippen molar-refractivity contribution < 1.29 is 4.79 Å². The van der Waals surface area contributed by atoms with Crippen LogP contribution in [-0.4, -0.2) is 35.0 Å². The van der Waals surface area contributed by atoms with Gasteiger partial charge < -0.3 is 21.3 Å². The summed E-state index contributed by atoms with van der Waals surface area (Å²) in [6.45, 7) is 3.35. The van der Waals surface area contributed by atoms with Crippen molar-refractivity contribution >= 4 is 40.0 Å². The van der Waals surface area contributed by atoms with Gasteiger partial charge in [-0.15, -0.1) is 0 Å². The number of nitrogen functional groups attached to an aromatic ring is 1. The molecule has 30 heavy (non-hydrogen) atoms. The van der Waals surface area contributed by atoms with Crippen LogP contribution in [0.15, 0.2) is 42.5 Å². The Labute approximate surface area is 174 Å². The van der Waals surface area contributed by atoms with Gasteiger partial charge in [0.1, 0.15) is 5.82 Å². The molecule has 1 unspecified atom stereocenters. The minimum absolute atomic E-state index is 0.0618. The second-order valence-electron chi connectivity index (χ2n) is 7.32. The lowest BCUT2D eigenvalue weighted by Gasteiger charge is -2.20. The number of fused-ring (bicyclic) bond motifs is 1. The quantitative estimate of drug-likeness (QED) is 0.562. The first-order valence-corrected chi connectivity index (χ1v) is 9.94. The molecule has 1 amide bonds. The lowest BCUT2D eigenvalue weighted by atomic mass is 10.2. The van der Waals surface area contributed by atoms with Gasteiger partial charge in [0, 0.05) is 42.3 Å². The largest absolute Gasteiger partial charge is 0.399 e. The summed E-state index contributed by atoms with van der Waals surface area (Å²) in [5.74, 6) is 1.31. The number of nitrogens with one attached hydrogen (secondary N) is 2. The van der Waals surface area contributed by atoms with Crippen molar-refractivity contribution in [1.82, 2.24) is 15.3 Å². The fourth-order valence-corrected chi connectivity index (χ4v) is 3.67. The summed E-state index contributed by atoms with van der Waals surface area (Å²) in [6, 6.07) is 15.1. The maximum atomic E-state index is 11.8. The van der Waals surface area contributed by atoms with Gasteiger partial charge in [0.05, 0.1) is 17.1 Å². The number of hydrogen-bond donors (Lipinski definition) is 3. The molecule has 152 valence electrons. The van der Waals surface area contributed by atoms with E-state index in [2.05, 4.69) is 26.6 Å². The van der Waals surface area contributed by atoms with Crippen LogP contribution >= 0.6 is 0 Å². The number of anilines is 4. The van der Waals surface area contributed by atoms with Gasteiger partial charge >= 0.3 is 0 Å². The maximum absolute atomic E-state index is 11.8. The van der Waals surface area contributed by atoms with E-state index in [-0.39, 0.29) is 11.9 Å². The molecule has 1 aliphatic heterocycles. The van der Waals surface area contributed by atoms with E-state index in [1.165, 1.54) is 0 Å². The van der Waals surface area contributed by atoms with E-state index in [4.69, 9.17) is 10.7 Å². The molecule has 3 aromatic rings. The van der Waals surface area contributed by atoms with Crippen LogP contribution < -0.4 is 21.3 Å². The molecule has 1 atom stereocenters. The number of amides is 1. The number of nitrogens with zero attached hydrogens (tertiary/aromatic N) is 4. The summed E-state index contributed by atoms with van der Waals surface area (Å²) in [4.78, 5) is 23.3. The average Bonchev–Trinajstić information content (AvgIpc) is 3.20. The van der Waals surface area contributed by atoms with Crippen LogP contribution in [0.5, 0.6) is 0 Å². The first-order valence-electron chi connectivity index (χ1n) is 9.94. The van der Waals surface area contributed by atoms with Crippen LogP contribution in [0, 0.1) is 11.3 Å². The Kier molecular flexibility index (Phi) is 5.35. The lowest BCUT2D eigenvalue weighted by Crippen LogP contribution is -2.36. The zero-order chi connectivity index (χ0) is 21.1. The van der Waals surface area contributed by atoms with Crippen LogP contribution in [0.3, 0.4) is 0 Å². The summed E-state index contributed by atoms with van der Waals surface area (Å²) in [6.07, 6.45) is 1.35. The number of carbonyl (C=O) groups excluding carboxylic acids is 1. The third-order valence-corrected chi connectivity index (χ3v) is 5.10. The van der Waals surface area contributed by atoms with Crippen LogP contribution in [0.4, 0.5) is 23.1 Å². The lowest BCUT2D eigenvalue weighted by molar-refractivity contribution is -0.121. The Morgan fingerprint density at radius 3 is 2.93 bits per heavy atom. The van der Waals surface area contributed by atoms with Gasteiger partial charge in [0.25, 0.3) is 0 Å². The first-order chi connectivity index (χ1) is 14.6. The smallest absolute Gasteiger partial charge is 0.229 e. The van der Waals surface area contributed by atoms with Crippen molar-refractivity contribution in [2.75, 3.05) is 29.0 Å². The van der Waals surface area contributed by atoms with Crippen molar-refractivity contribution in [3.05, 3.63) is 48.0 Å². The van der Waals surface area contributed by atoms with E-state index in [1.54, 1.807) is 18.2 Å². The van der Waals surface area contributed by atoms with Crippen molar-refractivity contribution in [3.63, 3.8) is 0 Å². The Morgan fingerprint density at radius 2 is 2.13 bits per heavy atom. The highest BCUT2D eigenvalue weighted by atomic mass is 16.1. The summed E-state index contributed by atoms with van der Waals surface area (Å²) in [7, 11) is 0. The number of nitriles is 1. The average molecular weight is 401 g/mol. The molecule has 0 spiro atoms. The van der Waals surface area contributed by atoms with Gasteiger partial charge in [-0.2, -0.15) is 10.2 Å². The molecule has 8 heteroatoms. The van der Waals surface area contributed by atoms with Gasteiger partial charge in [0.2, 0.25) is 11.9 Å². The molecular formula is C22H23N7O. The normalized spacial score (nSPS) is 15.7. The second kappa shape index (κ2) is 8.25. The molecule has 8 nitrogen and oxygen atoms in total. The molecular weight excluding hydrogens is 378 g/mol. The summed E-state index contributed by atoms with van der Waals surface area (Å²) < 4.78 is 0. The Balaban J connectivity index is 1.66. The third-order valence-electron chi connectivity index (χ3n) is 5.10. The molecule has 1 saturated heterocycles. The Hall–Kier alpha value is -3.86. The highest BCUT2D eigenvalue weighted by Crippen LogP contribution is 2.29. The molecule has 1 aliphatic rings. The third kappa shape index (κ3) is 4.10. The first kappa shape index (κ1) is 19.5. The predicted molar refractivity (Wildman–Crippen MR) is 117 cm³/mol. The van der Waals surface area contributed by atoms with Crippen molar-refractivity contribution in [1.29, 1.82) is 5.26 Å². The second-order valence-corrected chi connectivity index (χ2v) is 7.32. The van der Waals surface area contributed by atoms with E-state index < -0.39 is 0 Å². The van der Waals surface area contributed by atoms with Gasteiger partial charge in [-0.3, -0.25) is 4.79 Å². The Bertz CT molecular complexity index is 1140. The number of nitrogens with two attached hydrogens (primary N) is 1. The predicted octanol–water partition coefficient (Wildman–Crippen LogP) is 2.93. The van der Waals surface area contributed by atoms with Gasteiger partial charge in [-0.05, 0) is 36.8 Å². The zero-order valence-electron chi connectivity index (χ0n) is 16.7. The van der Waals surface area contributed by atoms with Crippen molar-refractivity contribution in [3.8, 4) is 6.07 Å². The number of aromatic nitrogens is 2. The fraction of sp³-hybridized carbons (Fsp3) is 0.273. The van der Waals surface area contributed by atoms with E-state index in [9.17, 15) is 10.1 Å². The van der Waals surface area contributed by atoms with E-state index in [1.807, 2.05) is 31.2 Å². The van der Waals surface area contributed by atoms with Crippen LogP contribution in [0.2, 0.25) is 0 Å². The monoisotopic (exact) mass is 401 g/mol. The minimum Gasteiger partial charge on any atom is -0.399 e. The maximum Gasteiger partial charge on any atom is 0.229 e. The van der Waals surface area contributed by atoms with Crippen LogP contribution in [0.1, 0.15) is 25.3 Å². The SMILES string of the molecule is CCC(=O)NC1CCN(c2nc(Nc3cc(N)cc(C#N)c3)nc3ccccc23)C1. The summed E-state index contributed by atoms with van der Waals surface area (Å²) in [5, 5.41) is 16.4. The molecule has 0 aliphatic carbocycles. The standard InChI is InChI=1S/C22H23N7O/c1-2-20(30)25-16-7-8-29(13-16)21-18-5-3-4-6-19(18)27-22(28-21)26-17-10-14(12-23)9-15(24)11-17/h3-6,9-11,16H,2,7-8,13,24H2,1H3,(H,25,30)(H,26,27,28). The number of para-hydroxylation sites is 1. The van der Waals surface area contributed by atoms with Crippen LogP contribution in [0.25, 0.3) is 10.9 Å². The molecule has 0 radical (unpaired) electrons. The van der Waals surface area contributed by atoms with Crippen molar-refractivity contribution in [2.24, 2.45) is 0 Å². The number of benzene rings is 2. The van der Waals surface area contributed by atoms with Gasteiger partial charge in [-0.1, -0.05) is 19.1 Å². The van der Waals surface area contributed by atoms with E-state index >= 15 is 0 Å². The van der Waals surface area contributed by atoms with E-state index in [0.29, 0.717) is 35.9 Å². The van der Waals surface area contributed by atoms with Gasteiger partial charge in [-0.25, -0.2) is 4.98 Å².